The van der Waals surface area contributed by atoms with E-state index in [0.717, 1.165) is 0 Å². The zero-order chi connectivity index (χ0) is 13.2. The normalized spacial score (nSPS) is 23.1. The van der Waals surface area contributed by atoms with Crippen molar-refractivity contribution in [3.63, 3.8) is 0 Å². The van der Waals surface area contributed by atoms with E-state index < -0.39 is 0 Å². The van der Waals surface area contributed by atoms with Crippen LogP contribution in [0.15, 0.2) is 54.6 Å². The highest BCUT2D eigenvalue weighted by Gasteiger charge is 2.38. The molecule has 2 aromatic carbocycles. The Labute approximate surface area is 128 Å². The van der Waals surface area contributed by atoms with E-state index in [1.807, 2.05) is 0 Å². The molecule has 3 rings (SSSR count). The Morgan fingerprint density at radius 1 is 1.05 bits per heavy atom. The lowest BCUT2D eigenvalue weighted by molar-refractivity contribution is 0.563. The molecule has 2 aromatic rings. The van der Waals surface area contributed by atoms with E-state index in [0.29, 0.717) is 18.0 Å². The minimum Gasteiger partial charge on any atom is -0.307 e. The van der Waals surface area contributed by atoms with Crippen LogP contribution in [0.1, 0.15) is 36.4 Å². The van der Waals surface area contributed by atoms with Crippen molar-refractivity contribution < 1.29 is 0 Å². The number of hydrogen-bond donors (Lipinski definition) is 1. The standard InChI is InChI=1S/C17H18IN/c1-12(13-7-9-15(18)10-8-13)19-17-11-16(17)14-5-3-2-4-6-14/h2-10,12,16-17,19H,11H2,1H3. The zero-order valence-corrected chi connectivity index (χ0v) is 13.2. The lowest BCUT2D eigenvalue weighted by Gasteiger charge is -2.14. The molecule has 1 saturated carbocycles. The lowest BCUT2D eigenvalue weighted by atomic mass is 10.1. The zero-order valence-electron chi connectivity index (χ0n) is 11.0. The molecule has 3 atom stereocenters. The van der Waals surface area contributed by atoms with Gasteiger partial charge in [-0.3, -0.25) is 0 Å². The molecule has 19 heavy (non-hydrogen) atoms. The predicted molar refractivity (Wildman–Crippen MR) is 88.3 cm³/mol. The van der Waals surface area contributed by atoms with Gasteiger partial charge >= 0.3 is 0 Å². The Morgan fingerprint density at radius 2 is 1.74 bits per heavy atom. The summed E-state index contributed by atoms with van der Waals surface area (Å²) in [5.74, 6) is 0.701. The summed E-state index contributed by atoms with van der Waals surface area (Å²) in [7, 11) is 0. The summed E-state index contributed by atoms with van der Waals surface area (Å²) in [5.41, 5.74) is 2.84. The van der Waals surface area contributed by atoms with Crippen molar-refractivity contribution in [2.24, 2.45) is 0 Å². The molecular formula is C17H18IN. The average molecular weight is 363 g/mol. The first-order valence-corrected chi connectivity index (χ1v) is 7.88. The molecule has 0 amide bonds. The van der Waals surface area contributed by atoms with Gasteiger partial charge in [0, 0.05) is 21.6 Å². The fourth-order valence-electron chi connectivity index (χ4n) is 2.62. The molecule has 0 aromatic heterocycles. The first-order chi connectivity index (χ1) is 9.24. The molecule has 2 heteroatoms. The van der Waals surface area contributed by atoms with Crippen LogP contribution in [0.25, 0.3) is 0 Å². The van der Waals surface area contributed by atoms with Crippen molar-refractivity contribution in [3.8, 4) is 0 Å². The predicted octanol–water partition coefficient (Wildman–Crippen LogP) is 4.50. The van der Waals surface area contributed by atoms with Crippen molar-refractivity contribution >= 4 is 22.6 Å². The largest absolute Gasteiger partial charge is 0.307 e. The van der Waals surface area contributed by atoms with Crippen LogP contribution in [0.5, 0.6) is 0 Å². The van der Waals surface area contributed by atoms with Gasteiger partial charge in [-0.1, -0.05) is 42.5 Å². The smallest absolute Gasteiger partial charge is 0.0294 e. The molecule has 1 fully saturated rings. The molecule has 1 N–H and O–H groups in total. The van der Waals surface area contributed by atoms with Crippen LogP contribution in [-0.2, 0) is 0 Å². The maximum absolute atomic E-state index is 3.74. The Bertz CT molecular complexity index is 535. The van der Waals surface area contributed by atoms with Gasteiger partial charge in [-0.05, 0) is 59.2 Å². The van der Waals surface area contributed by atoms with Crippen molar-refractivity contribution in [1.82, 2.24) is 5.32 Å². The first kappa shape index (κ1) is 13.1. The molecule has 1 nitrogen and oxygen atoms in total. The van der Waals surface area contributed by atoms with E-state index in [1.165, 1.54) is 21.1 Å². The topological polar surface area (TPSA) is 12.0 Å². The summed E-state index contributed by atoms with van der Waals surface area (Å²) in [5, 5.41) is 3.74. The second-order valence-corrected chi connectivity index (χ2v) is 6.54. The second-order valence-electron chi connectivity index (χ2n) is 5.30. The van der Waals surface area contributed by atoms with Gasteiger partial charge in [0.2, 0.25) is 0 Å². The summed E-state index contributed by atoms with van der Waals surface area (Å²) in [6.45, 7) is 2.25. The fourth-order valence-corrected chi connectivity index (χ4v) is 2.98. The van der Waals surface area contributed by atoms with Gasteiger partial charge < -0.3 is 5.32 Å². The molecular weight excluding hydrogens is 345 g/mol. The van der Waals surface area contributed by atoms with Gasteiger partial charge in [-0.2, -0.15) is 0 Å². The third-order valence-corrected chi connectivity index (χ3v) is 4.57. The third-order valence-electron chi connectivity index (χ3n) is 3.85. The van der Waals surface area contributed by atoms with E-state index in [2.05, 4.69) is 89.4 Å². The van der Waals surface area contributed by atoms with E-state index in [4.69, 9.17) is 0 Å². The highest BCUT2D eigenvalue weighted by Crippen LogP contribution is 2.41. The molecule has 0 spiro atoms. The molecule has 0 saturated heterocycles. The van der Waals surface area contributed by atoms with Gasteiger partial charge in [0.25, 0.3) is 0 Å². The highest BCUT2D eigenvalue weighted by atomic mass is 127. The average Bonchev–Trinajstić information content (AvgIpc) is 3.20. The Kier molecular flexibility index (Phi) is 3.89. The van der Waals surface area contributed by atoms with Gasteiger partial charge in [-0.25, -0.2) is 0 Å². The maximum Gasteiger partial charge on any atom is 0.0294 e. The minimum atomic E-state index is 0.427. The third kappa shape index (κ3) is 3.18. The number of rotatable bonds is 4. The van der Waals surface area contributed by atoms with Crippen LogP contribution in [0.3, 0.4) is 0 Å². The summed E-state index contributed by atoms with van der Waals surface area (Å²) in [6, 6.07) is 20.7. The number of hydrogen-bond acceptors (Lipinski definition) is 1. The monoisotopic (exact) mass is 363 g/mol. The Balaban J connectivity index is 1.60. The molecule has 1 aliphatic carbocycles. The molecule has 98 valence electrons. The maximum atomic E-state index is 3.74. The van der Waals surface area contributed by atoms with Crippen molar-refractivity contribution in [2.75, 3.05) is 0 Å². The number of benzene rings is 2. The van der Waals surface area contributed by atoms with Crippen LogP contribution < -0.4 is 5.32 Å². The Morgan fingerprint density at radius 3 is 2.42 bits per heavy atom. The summed E-state index contributed by atoms with van der Waals surface area (Å²) < 4.78 is 1.29. The van der Waals surface area contributed by atoms with Gasteiger partial charge in [0.15, 0.2) is 0 Å². The van der Waals surface area contributed by atoms with Crippen LogP contribution in [0.2, 0.25) is 0 Å². The number of nitrogens with one attached hydrogen (secondary N) is 1. The van der Waals surface area contributed by atoms with Crippen molar-refractivity contribution in [3.05, 3.63) is 69.3 Å². The molecule has 3 unspecified atom stereocenters. The van der Waals surface area contributed by atoms with Crippen LogP contribution >= 0.6 is 22.6 Å². The first-order valence-electron chi connectivity index (χ1n) is 6.80. The van der Waals surface area contributed by atoms with Gasteiger partial charge in [0.05, 0.1) is 0 Å². The summed E-state index contributed by atoms with van der Waals surface area (Å²) >= 11 is 2.35. The van der Waals surface area contributed by atoms with Gasteiger partial charge in [0.1, 0.15) is 0 Å². The van der Waals surface area contributed by atoms with Crippen LogP contribution in [-0.4, -0.2) is 6.04 Å². The van der Waals surface area contributed by atoms with E-state index in [1.54, 1.807) is 0 Å². The van der Waals surface area contributed by atoms with Crippen LogP contribution in [0.4, 0.5) is 0 Å². The van der Waals surface area contributed by atoms with E-state index in [9.17, 15) is 0 Å². The summed E-state index contributed by atoms with van der Waals surface area (Å²) in [6.07, 6.45) is 1.26. The quantitative estimate of drug-likeness (QED) is 0.789. The SMILES string of the molecule is CC(NC1CC1c1ccccc1)c1ccc(I)cc1. The second kappa shape index (κ2) is 5.63. The van der Waals surface area contributed by atoms with Crippen LogP contribution in [0, 0.1) is 3.57 Å². The highest BCUT2D eigenvalue weighted by molar-refractivity contribution is 14.1. The molecule has 0 aliphatic heterocycles. The number of halogens is 1. The summed E-state index contributed by atoms with van der Waals surface area (Å²) in [4.78, 5) is 0. The Hall–Kier alpha value is -0.870. The molecule has 1 aliphatic rings. The van der Waals surface area contributed by atoms with Gasteiger partial charge in [-0.15, -0.1) is 0 Å². The van der Waals surface area contributed by atoms with E-state index >= 15 is 0 Å². The lowest BCUT2D eigenvalue weighted by Crippen LogP contribution is -2.22. The molecule has 0 heterocycles. The molecule has 0 bridgehead atoms. The molecule has 0 radical (unpaired) electrons. The van der Waals surface area contributed by atoms with E-state index in [-0.39, 0.29) is 0 Å². The fraction of sp³-hybridized carbons (Fsp3) is 0.294. The van der Waals surface area contributed by atoms with Crippen molar-refractivity contribution in [2.45, 2.75) is 31.3 Å². The minimum absolute atomic E-state index is 0.427. The van der Waals surface area contributed by atoms with Crippen molar-refractivity contribution in [1.29, 1.82) is 0 Å².